The lowest BCUT2D eigenvalue weighted by Gasteiger charge is -2.33. The first-order valence-corrected chi connectivity index (χ1v) is 17.7. The van der Waals surface area contributed by atoms with Crippen LogP contribution in [0.1, 0.15) is 26.7 Å². The average Bonchev–Trinajstić information content (AvgIpc) is 2.84. The van der Waals surface area contributed by atoms with Gasteiger partial charge in [0.15, 0.2) is 8.32 Å². The number of rotatable bonds is 23. The zero-order chi connectivity index (χ0) is 28.2. The monoisotopic (exact) mass is 568 g/mol. The number of esters is 3. The molecule has 0 aliphatic heterocycles. The van der Waals surface area contributed by atoms with Crippen LogP contribution >= 0.6 is 0 Å². The quantitative estimate of drug-likeness (QED) is 0.0631. The molecule has 0 aromatic carbocycles. The molecule has 0 saturated heterocycles. The molecule has 1 N–H and O–H groups in total. The summed E-state index contributed by atoms with van der Waals surface area (Å²) in [7, 11) is -4.76. The maximum absolute atomic E-state index is 11.7. The Morgan fingerprint density at radius 3 is 1.70 bits per heavy atom. The predicted octanol–water partition coefficient (Wildman–Crippen LogP) is 1.84. The number of hydrogen-bond donors (Lipinski definition) is 1. The van der Waals surface area contributed by atoms with Crippen LogP contribution in [-0.2, 0) is 51.0 Å². The summed E-state index contributed by atoms with van der Waals surface area (Å²) in [6.45, 7) is 14.4. The predicted molar refractivity (Wildman–Crippen MR) is 138 cm³/mol. The second-order valence-electron chi connectivity index (χ2n) is 8.58. The third-order valence-corrected chi connectivity index (χ3v) is 11.5. The Morgan fingerprint density at radius 2 is 1.19 bits per heavy atom. The fourth-order valence-electron chi connectivity index (χ4n) is 2.49. The van der Waals surface area contributed by atoms with Crippen molar-refractivity contribution >= 4 is 35.0 Å². The van der Waals surface area contributed by atoms with Crippen LogP contribution in [0.5, 0.6) is 0 Å². The van der Waals surface area contributed by atoms with E-state index in [1.807, 2.05) is 6.55 Å². The highest BCUT2D eigenvalue weighted by atomic mass is 28.5. The SMILES string of the molecule is C=C(C)C(=O)OCCOC(=O)CCC(=O)OCCOCCOCCO[Si](C)(OCCO)O[Si](C)(C)CC. The largest absolute Gasteiger partial charge is 0.487 e. The Labute approximate surface area is 222 Å². The highest BCUT2D eigenvalue weighted by Crippen LogP contribution is 2.20. The minimum absolute atomic E-state index is 0.0500. The topological polar surface area (TPSA) is 145 Å². The molecule has 0 fully saturated rings. The number of hydrogen-bond acceptors (Lipinski definition) is 12. The smallest absolute Gasteiger partial charge is 0.463 e. The van der Waals surface area contributed by atoms with Gasteiger partial charge >= 0.3 is 26.7 Å². The van der Waals surface area contributed by atoms with E-state index in [-0.39, 0.29) is 58.1 Å². The Balaban J connectivity index is 3.78. The minimum Gasteiger partial charge on any atom is -0.463 e. The molecule has 12 nitrogen and oxygen atoms in total. The van der Waals surface area contributed by atoms with Crippen molar-refractivity contribution in [2.24, 2.45) is 0 Å². The molecule has 0 aromatic heterocycles. The van der Waals surface area contributed by atoms with E-state index in [1.54, 1.807) is 0 Å². The van der Waals surface area contributed by atoms with Gasteiger partial charge in [0.05, 0.1) is 59.1 Å². The third kappa shape index (κ3) is 20.0. The first kappa shape index (κ1) is 35.3. The van der Waals surface area contributed by atoms with Gasteiger partial charge in [-0.1, -0.05) is 13.5 Å². The first-order chi connectivity index (χ1) is 17.4. The summed E-state index contributed by atoms with van der Waals surface area (Å²) in [6.07, 6.45) is -0.264. The van der Waals surface area contributed by atoms with Crippen molar-refractivity contribution in [1.82, 2.24) is 0 Å². The van der Waals surface area contributed by atoms with Gasteiger partial charge in [0, 0.05) is 12.1 Å². The Bertz CT molecular complexity index is 689. The molecule has 0 bridgehead atoms. The average molecular weight is 569 g/mol. The van der Waals surface area contributed by atoms with Crippen molar-refractivity contribution < 1.29 is 56.1 Å². The molecule has 0 aromatic rings. The molecule has 14 heteroatoms. The van der Waals surface area contributed by atoms with E-state index in [2.05, 4.69) is 26.6 Å². The van der Waals surface area contributed by atoms with E-state index in [9.17, 15) is 14.4 Å². The van der Waals surface area contributed by atoms with Crippen molar-refractivity contribution in [1.29, 1.82) is 0 Å². The summed E-state index contributed by atoms with van der Waals surface area (Å²) >= 11 is 0. The van der Waals surface area contributed by atoms with Crippen LogP contribution in [0.4, 0.5) is 0 Å². The molecular formula is C23H44O12Si2. The number of carbonyl (C=O) groups is 3. The fourth-order valence-corrected chi connectivity index (χ4v) is 8.55. The van der Waals surface area contributed by atoms with E-state index in [1.165, 1.54) is 6.92 Å². The summed E-state index contributed by atoms with van der Waals surface area (Å²) < 4.78 is 43.2. The molecule has 1 unspecified atom stereocenters. The molecule has 0 spiro atoms. The molecular weight excluding hydrogens is 524 g/mol. The molecule has 0 aliphatic rings. The van der Waals surface area contributed by atoms with Gasteiger partial charge in [-0.05, 0) is 26.1 Å². The van der Waals surface area contributed by atoms with Crippen LogP contribution in [0.25, 0.3) is 0 Å². The molecule has 37 heavy (non-hydrogen) atoms. The molecule has 216 valence electrons. The van der Waals surface area contributed by atoms with E-state index >= 15 is 0 Å². The van der Waals surface area contributed by atoms with Gasteiger partial charge in [0.25, 0.3) is 0 Å². The van der Waals surface area contributed by atoms with Crippen molar-refractivity contribution in [3.05, 3.63) is 12.2 Å². The van der Waals surface area contributed by atoms with Crippen LogP contribution in [-0.4, -0.2) is 106 Å². The number of aliphatic hydroxyl groups is 1. The number of aliphatic hydroxyl groups excluding tert-OH is 1. The minimum atomic E-state index is -2.86. The highest BCUT2D eigenvalue weighted by Gasteiger charge is 2.40. The van der Waals surface area contributed by atoms with E-state index < -0.39 is 35.0 Å². The molecule has 0 rings (SSSR count). The number of carbonyl (C=O) groups excluding carboxylic acids is 3. The van der Waals surface area contributed by atoms with Crippen LogP contribution < -0.4 is 0 Å². The normalized spacial score (nSPS) is 13.0. The zero-order valence-corrected chi connectivity index (χ0v) is 24.8. The molecule has 0 heterocycles. The van der Waals surface area contributed by atoms with Gasteiger partial charge in [0.2, 0.25) is 0 Å². The molecule has 0 aliphatic carbocycles. The van der Waals surface area contributed by atoms with Gasteiger partial charge < -0.3 is 41.8 Å². The summed E-state index contributed by atoms with van der Waals surface area (Å²) in [4.78, 5) is 34.4. The summed E-state index contributed by atoms with van der Waals surface area (Å²) in [5.74, 6) is -1.70. The van der Waals surface area contributed by atoms with E-state index in [4.69, 9.17) is 41.8 Å². The van der Waals surface area contributed by atoms with Crippen LogP contribution in [0.3, 0.4) is 0 Å². The zero-order valence-electron chi connectivity index (χ0n) is 22.8. The van der Waals surface area contributed by atoms with E-state index in [0.717, 1.165) is 6.04 Å². The van der Waals surface area contributed by atoms with Crippen molar-refractivity contribution in [2.75, 3.05) is 66.1 Å². The lowest BCUT2D eigenvalue weighted by molar-refractivity contribution is -0.153. The van der Waals surface area contributed by atoms with Gasteiger partial charge in [0.1, 0.15) is 19.8 Å². The van der Waals surface area contributed by atoms with Crippen LogP contribution in [0.2, 0.25) is 25.7 Å². The van der Waals surface area contributed by atoms with Gasteiger partial charge in [-0.2, -0.15) is 0 Å². The van der Waals surface area contributed by atoms with Crippen molar-refractivity contribution in [3.8, 4) is 0 Å². The van der Waals surface area contributed by atoms with Gasteiger partial charge in [-0.15, -0.1) is 0 Å². The van der Waals surface area contributed by atoms with Crippen LogP contribution in [0, 0.1) is 0 Å². The number of ether oxygens (including phenoxy) is 5. The molecule has 0 amide bonds. The molecule has 0 radical (unpaired) electrons. The molecule has 0 saturated carbocycles. The lowest BCUT2D eigenvalue weighted by atomic mass is 10.3. The summed E-state index contributed by atoms with van der Waals surface area (Å²) in [6, 6.07) is 0.924. The Kier molecular flexibility index (Phi) is 19.4. The Hall–Kier alpha value is -1.66. The second-order valence-corrected chi connectivity index (χ2v) is 15.9. The Morgan fingerprint density at radius 1 is 0.730 bits per heavy atom. The maximum Gasteiger partial charge on any atom is 0.487 e. The third-order valence-electron chi connectivity index (χ3n) is 4.68. The van der Waals surface area contributed by atoms with Crippen LogP contribution in [0.15, 0.2) is 12.2 Å². The fraction of sp³-hybridized carbons (Fsp3) is 0.783. The second kappa shape index (κ2) is 20.3. The first-order valence-electron chi connectivity index (χ1n) is 12.3. The van der Waals surface area contributed by atoms with Crippen molar-refractivity contribution in [3.63, 3.8) is 0 Å². The van der Waals surface area contributed by atoms with Crippen molar-refractivity contribution in [2.45, 2.75) is 52.4 Å². The molecule has 1 atom stereocenters. The van der Waals surface area contributed by atoms with E-state index in [0.29, 0.717) is 26.4 Å². The lowest BCUT2D eigenvalue weighted by Crippen LogP contribution is -2.51. The summed E-state index contributed by atoms with van der Waals surface area (Å²) in [5.41, 5.74) is 0.254. The summed E-state index contributed by atoms with van der Waals surface area (Å²) in [5, 5.41) is 9.06. The standard InChI is InChI=1S/C23H44O12Si2/c1-7-36(4,5)35-37(6,33-11-10-24)34-19-15-29-13-12-28-14-16-30-21(25)8-9-22(26)31-17-18-32-23(27)20(2)3/h24H,2,7-19H2,1,3-6H3. The van der Waals surface area contributed by atoms with Gasteiger partial charge in [-0.25, -0.2) is 4.79 Å². The van der Waals surface area contributed by atoms with Gasteiger partial charge in [-0.3, -0.25) is 9.59 Å². The highest BCUT2D eigenvalue weighted by molar-refractivity contribution is 6.80. The maximum atomic E-state index is 11.7.